The second kappa shape index (κ2) is 8.31. The fourth-order valence-electron chi connectivity index (χ4n) is 3.06. The van der Waals surface area contributed by atoms with Crippen LogP contribution >= 0.6 is 0 Å². The Labute approximate surface area is 147 Å². The zero-order valence-corrected chi connectivity index (χ0v) is 14.4. The SMILES string of the molecule is COc1ccc(CN2C[C@@H](C(=O)NO[C@H]3CCCCO3)CC2=O)cc1. The number of rotatable bonds is 6. The van der Waals surface area contributed by atoms with E-state index in [0.29, 0.717) is 19.7 Å². The Morgan fingerprint density at radius 2 is 2.12 bits per heavy atom. The van der Waals surface area contributed by atoms with Crippen LogP contribution in [0.15, 0.2) is 24.3 Å². The van der Waals surface area contributed by atoms with E-state index >= 15 is 0 Å². The van der Waals surface area contributed by atoms with Crippen molar-refractivity contribution in [2.45, 2.75) is 38.5 Å². The van der Waals surface area contributed by atoms with Gasteiger partial charge < -0.3 is 14.4 Å². The minimum absolute atomic E-state index is 0.0233. The predicted molar refractivity (Wildman–Crippen MR) is 89.3 cm³/mol. The molecule has 2 atom stereocenters. The van der Waals surface area contributed by atoms with Crippen LogP contribution in [0.2, 0.25) is 0 Å². The van der Waals surface area contributed by atoms with Crippen molar-refractivity contribution in [2.75, 3.05) is 20.3 Å². The van der Waals surface area contributed by atoms with E-state index < -0.39 is 5.92 Å². The van der Waals surface area contributed by atoms with Gasteiger partial charge in [-0.1, -0.05) is 12.1 Å². The van der Waals surface area contributed by atoms with Crippen LogP contribution in [0.4, 0.5) is 0 Å². The molecule has 2 fully saturated rings. The van der Waals surface area contributed by atoms with E-state index in [9.17, 15) is 9.59 Å². The van der Waals surface area contributed by atoms with Gasteiger partial charge in [0.1, 0.15) is 5.75 Å². The standard InChI is InChI=1S/C18H24N2O5/c1-23-15-7-5-13(6-8-15)11-20-12-14(10-16(20)21)18(22)19-25-17-4-2-3-9-24-17/h5-8,14,17H,2-4,9-12H2,1H3,(H,19,22)/t14-,17-/m0/s1. The molecule has 7 heteroatoms. The highest BCUT2D eigenvalue weighted by atomic mass is 16.8. The minimum atomic E-state index is -0.394. The summed E-state index contributed by atoms with van der Waals surface area (Å²) < 4.78 is 10.5. The van der Waals surface area contributed by atoms with E-state index in [1.54, 1.807) is 12.0 Å². The summed E-state index contributed by atoms with van der Waals surface area (Å²) in [5.41, 5.74) is 3.46. The maximum Gasteiger partial charge on any atom is 0.249 e. The lowest BCUT2D eigenvalue weighted by Gasteiger charge is -2.23. The van der Waals surface area contributed by atoms with Gasteiger partial charge in [0.15, 0.2) is 6.29 Å². The van der Waals surface area contributed by atoms with Crippen molar-refractivity contribution in [1.29, 1.82) is 0 Å². The Kier molecular flexibility index (Phi) is 5.88. The van der Waals surface area contributed by atoms with Crippen molar-refractivity contribution in [2.24, 2.45) is 5.92 Å². The van der Waals surface area contributed by atoms with Crippen LogP contribution in [-0.4, -0.2) is 43.3 Å². The molecule has 0 radical (unpaired) electrons. The number of carbonyl (C=O) groups excluding carboxylic acids is 2. The molecule has 1 N–H and O–H groups in total. The van der Waals surface area contributed by atoms with Crippen molar-refractivity contribution < 1.29 is 23.9 Å². The van der Waals surface area contributed by atoms with E-state index in [2.05, 4.69) is 5.48 Å². The lowest BCUT2D eigenvalue weighted by atomic mass is 10.1. The number of amides is 2. The van der Waals surface area contributed by atoms with E-state index in [4.69, 9.17) is 14.3 Å². The summed E-state index contributed by atoms with van der Waals surface area (Å²) in [4.78, 5) is 31.4. The predicted octanol–water partition coefficient (Wildman–Crippen LogP) is 1.62. The first kappa shape index (κ1) is 17.7. The van der Waals surface area contributed by atoms with Gasteiger partial charge in [0.25, 0.3) is 0 Å². The van der Waals surface area contributed by atoms with Gasteiger partial charge in [-0.25, -0.2) is 10.3 Å². The Hall–Kier alpha value is -2.12. The van der Waals surface area contributed by atoms with Gasteiger partial charge in [-0.2, -0.15) is 0 Å². The topological polar surface area (TPSA) is 77.1 Å². The molecule has 2 amide bonds. The zero-order chi connectivity index (χ0) is 17.6. The molecule has 0 saturated carbocycles. The summed E-state index contributed by atoms with van der Waals surface area (Å²) in [6.45, 7) is 1.53. The number of nitrogens with zero attached hydrogens (tertiary/aromatic N) is 1. The van der Waals surface area contributed by atoms with Gasteiger partial charge in [0.2, 0.25) is 11.8 Å². The Morgan fingerprint density at radius 3 is 2.80 bits per heavy atom. The third kappa shape index (κ3) is 4.70. The summed E-state index contributed by atoms with van der Waals surface area (Å²) in [5.74, 6) is 0.0924. The number of benzene rings is 1. The maximum atomic E-state index is 12.2. The average Bonchev–Trinajstić information content (AvgIpc) is 3.02. The molecule has 25 heavy (non-hydrogen) atoms. The second-order valence-corrected chi connectivity index (χ2v) is 6.40. The molecular weight excluding hydrogens is 324 g/mol. The monoisotopic (exact) mass is 348 g/mol. The molecule has 0 aromatic heterocycles. The maximum absolute atomic E-state index is 12.2. The normalized spacial score (nSPS) is 23.6. The molecule has 1 aromatic carbocycles. The third-order valence-corrected chi connectivity index (χ3v) is 4.55. The number of ether oxygens (including phenoxy) is 2. The van der Waals surface area contributed by atoms with Crippen molar-refractivity contribution in [3.8, 4) is 5.75 Å². The van der Waals surface area contributed by atoms with Crippen LogP contribution in [-0.2, 0) is 25.7 Å². The van der Waals surface area contributed by atoms with Crippen LogP contribution in [0.25, 0.3) is 0 Å². The van der Waals surface area contributed by atoms with Crippen molar-refractivity contribution in [3.63, 3.8) is 0 Å². The molecule has 0 aliphatic carbocycles. The molecule has 136 valence electrons. The first-order valence-corrected chi connectivity index (χ1v) is 8.63. The number of hydrogen-bond acceptors (Lipinski definition) is 5. The molecule has 2 saturated heterocycles. The highest BCUT2D eigenvalue weighted by molar-refractivity contribution is 5.88. The Bertz CT molecular complexity index is 598. The van der Waals surface area contributed by atoms with Crippen molar-refractivity contribution in [3.05, 3.63) is 29.8 Å². The van der Waals surface area contributed by atoms with Crippen LogP contribution in [0.5, 0.6) is 5.75 Å². The molecule has 0 unspecified atom stereocenters. The largest absolute Gasteiger partial charge is 0.497 e. The number of hydrogen-bond donors (Lipinski definition) is 1. The van der Waals surface area contributed by atoms with Gasteiger partial charge in [-0.15, -0.1) is 0 Å². The number of nitrogens with one attached hydrogen (secondary N) is 1. The van der Waals surface area contributed by atoms with Crippen molar-refractivity contribution in [1.82, 2.24) is 10.4 Å². The minimum Gasteiger partial charge on any atom is -0.497 e. The van der Waals surface area contributed by atoms with Gasteiger partial charge in [-0.05, 0) is 30.5 Å². The lowest BCUT2D eigenvalue weighted by molar-refractivity contribution is -0.202. The molecule has 2 aliphatic heterocycles. The van der Waals surface area contributed by atoms with Crippen LogP contribution in [0, 0.1) is 5.92 Å². The van der Waals surface area contributed by atoms with Gasteiger partial charge in [-0.3, -0.25) is 9.59 Å². The van der Waals surface area contributed by atoms with Gasteiger partial charge >= 0.3 is 0 Å². The van der Waals surface area contributed by atoms with Crippen LogP contribution in [0.3, 0.4) is 0 Å². The fraction of sp³-hybridized carbons (Fsp3) is 0.556. The van der Waals surface area contributed by atoms with E-state index in [1.165, 1.54) is 0 Å². The number of carbonyl (C=O) groups is 2. The van der Waals surface area contributed by atoms with Crippen LogP contribution < -0.4 is 10.2 Å². The average molecular weight is 348 g/mol. The van der Waals surface area contributed by atoms with Gasteiger partial charge in [0, 0.05) is 32.5 Å². The fourth-order valence-corrected chi connectivity index (χ4v) is 3.06. The Balaban J connectivity index is 1.48. The number of likely N-dealkylation sites (tertiary alicyclic amines) is 1. The van der Waals surface area contributed by atoms with E-state index in [1.807, 2.05) is 24.3 Å². The first-order chi connectivity index (χ1) is 12.2. The van der Waals surface area contributed by atoms with Gasteiger partial charge in [0.05, 0.1) is 13.0 Å². The lowest BCUT2D eigenvalue weighted by Crippen LogP contribution is -2.37. The molecule has 0 spiro atoms. The van der Waals surface area contributed by atoms with Crippen molar-refractivity contribution >= 4 is 11.8 Å². The summed E-state index contributed by atoms with van der Waals surface area (Å²) in [6, 6.07) is 7.56. The molecule has 3 rings (SSSR count). The quantitative estimate of drug-likeness (QED) is 0.791. The number of hydroxylamine groups is 1. The summed E-state index contributed by atoms with van der Waals surface area (Å²) >= 11 is 0. The number of methoxy groups -OCH3 is 1. The summed E-state index contributed by atoms with van der Waals surface area (Å²) in [6.07, 6.45) is 2.64. The third-order valence-electron chi connectivity index (χ3n) is 4.55. The molecule has 2 heterocycles. The first-order valence-electron chi connectivity index (χ1n) is 8.63. The van der Waals surface area contributed by atoms with E-state index in [0.717, 1.165) is 30.6 Å². The summed E-state index contributed by atoms with van der Waals surface area (Å²) in [7, 11) is 1.61. The molecular formula is C18H24N2O5. The smallest absolute Gasteiger partial charge is 0.249 e. The molecule has 1 aromatic rings. The van der Waals surface area contributed by atoms with Crippen LogP contribution in [0.1, 0.15) is 31.2 Å². The zero-order valence-electron chi connectivity index (χ0n) is 14.4. The summed E-state index contributed by atoms with van der Waals surface area (Å²) in [5, 5.41) is 0. The highest BCUT2D eigenvalue weighted by Crippen LogP contribution is 2.22. The molecule has 7 nitrogen and oxygen atoms in total. The Morgan fingerprint density at radius 1 is 1.32 bits per heavy atom. The molecule has 2 aliphatic rings. The highest BCUT2D eigenvalue weighted by Gasteiger charge is 2.34. The van der Waals surface area contributed by atoms with E-state index in [-0.39, 0.29) is 24.5 Å². The molecule has 0 bridgehead atoms. The second-order valence-electron chi connectivity index (χ2n) is 6.40.